The predicted octanol–water partition coefficient (Wildman–Crippen LogP) is 3.18. The lowest BCUT2D eigenvalue weighted by molar-refractivity contribution is -0.115. The summed E-state index contributed by atoms with van der Waals surface area (Å²) in [4.78, 5) is 37.5. The molecule has 0 spiro atoms. The fourth-order valence-corrected chi connectivity index (χ4v) is 3.50. The van der Waals surface area contributed by atoms with E-state index < -0.39 is 5.82 Å². The zero-order valence-corrected chi connectivity index (χ0v) is 14.7. The summed E-state index contributed by atoms with van der Waals surface area (Å²) in [5.74, 6) is -0.0460. The Morgan fingerprint density at radius 2 is 1.69 bits per heavy atom. The number of anilines is 1. The van der Waals surface area contributed by atoms with Gasteiger partial charge in [-0.25, -0.2) is 4.39 Å². The topological polar surface area (TPSA) is 66.5 Å². The SMILES string of the molecule is O=C(CCSCCN1C(=O)c2ccccc2C1=O)Nc1cccc(F)c1. The van der Waals surface area contributed by atoms with Crippen molar-refractivity contribution in [1.29, 1.82) is 0 Å². The number of fused-ring (bicyclic) bond motifs is 1. The number of amides is 3. The number of carbonyl (C=O) groups excluding carboxylic acids is 3. The molecule has 1 heterocycles. The first kappa shape index (κ1) is 18.1. The van der Waals surface area contributed by atoms with Crippen molar-refractivity contribution < 1.29 is 18.8 Å². The maximum atomic E-state index is 13.1. The van der Waals surface area contributed by atoms with Crippen LogP contribution in [-0.2, 0) is 4.79 Å². The molecule has 2 aromatic rings. The minimum absolute atomic E-state index is 0.205. The largest absolute Gasteiger partial charge is 0.326 e. The Labute approximate surface area is 154 Å². The molecule has 0 atom stereocenters. The van der Waals surface area contributed by atoms with Gasteiger partial charge in [-0.3, -0.25) is 19.3 Å². The third-order valence-electron chi connectivity index (χ3n) is 3.92. The molecular formula is C19H17FN2O3S. The van der Waals surface area contributed by atoms with Gasteiger partial charge >= 0.3 is 0 Å². The summed E-state index contributed by atoms with van der Waals surface area (Å²) in [5.41, 5.74) is 1.31. The highest BCUT2D eigenvalue weighted by molar-refractivity contribution is 7.99. The lowest BCUT2D eigenvalue weighted by Crippen LogP contribution is -2.31. The molecule has 0 aliphatic carbocycles. The van der Waals surface area contributed by atoms with Crippen molar-refractivity contribution in [3.8, 4) is 0 Å². The van der Waals surface area contributed by atoms with Crippen LogP contribution in [0.3, 0.4) is 0 Å². The second kappa shape index (κ2) is 8.14. The number of nitrogens with zero attached hydrogens (tertiary/aromatic N) is 1. The van der Waals surface area contributed by atoms with E-state index in [-0.39, 0.29) is 24.1 Å². The Hall–Kier alpha value is -2.67. The molecule has 7 heteroatoms. The fraction of sp³-hybridized carbons (Fsp3) is 0.211. The quantitative estimate of drug-likeness (QED) is 0.599. The van der Waals surface area contributed by atoms with Gasteiger partial charge in [-0.15, -0.1) is 0 Å². The van der Waals surface area contributed by atoms with Crippen molar-refractivity contribution in [2.75, 3.05) is 23.4 Å². The van der Waals surface area contributed by atoms with Gasteiger partial charge in [0.1, 0.15) is 5.82 Å². The van der Waals surface area contributed by atoms with Crippen molar-refractivity contribution in [3.05, 3.63) is 65.5 Å². The van der Waals surface area contributed by atoms with E-state index in [9.17, 15) is 18.8 Å². The van der Waals surface area contributed by atoms with Gasteiger partial charge in [-0.1, -0.05) is 18.2 Å². The molecule has 1 aliphatic rings. The average Bonchev–Trinajstić information content (AvgIpc) is 2.86. The monoisotopic (exact) mass is 372 g/mol. The molecule has 2 aromatic carbocycles. The molecule has 26 heavy (non-hydrogen) atoms. The van der Waals surface area contributed by atoms with Crippen LogP contribution >= 0.6 is 11.8 Å². The van der Waals surface area contributed by atoms with Crippen LogP contribution in [-0.4, -0.2) is 40.7 Å². The third kappa shape index (κ3) is 4.11. The van der Waals surface area contributed by atoms with Gasteiger partial charge in [-0.2, -0.15) is 11.8 Å². The summed E-state index contributed by atoms with van der Waals surface area (Å²) in [6, 6.07) is 12.5. The number of thioether (sulfide) groups is 1. The van der Waals surface area contributed by atoms with E-state index in [4.69, 9.17) is 0 Å². The van der Waals surface area contributed by atoms with E-state index in [0.29, 0.717) is 34.9 Å². The van der Waals surface area contributed by atoms with Crippen LogP contribution in [0.25, 0.3) is 0 Å². The van der Waals surface area contributed by atoms with Crippen molar-refractivity contribution in [2.24, 2.45) is 0 Å². The van der Waals surface area contributed by atoms with Crippen LogP contribution in [0.1, 0.15) is 27.1 Å². The summed E-state index contributed by atoms with van der Waals surface area (Å²) < 4.78 is 13.1. The molecule has 0 saturated carbocycles. The molecule has 5 nitrogen and oxygen atoms in total. The van der Waals surface area contributed by atoms with Crippen molar-refractivity contribution in [3.63, 3.8) is 0 Å². The van der Waals surface area contributed by atoms with Gasteiger partial charge in [0.25, 0.3) is 11.8 Å². The highest BCUT2D eigenvalue weighted by atomic mass is 32.2. The molecule has 1 aliphatic heterocycles. The van der Waals surface area contributed by atoms with Crippen molar-refractivity contribution in [1.82, 2.24) is 4.90 Å². The van der Waals surface area contributed by atoms with Crippen LogP contribution in [0.15, 0.2) is 48.5 Å². The van der Waals surface area contributed by atoms with E-state index in [1.807, 2.05) is 0 Å². The van der Waals surface area contributed by atoms with Crippen molar-refractivity contribution >= 4 is 35.2 Å². The minimum Gasteiger partial charge on any atom is -0.326 e. The molecule has 3 amide bonds. The maximum absolute atomic E-state index is 13.1. The Morgan fingerprint density at radius 1 is 1.00 bits per heavy atom. The second-order valence-electron chi connectivity index (χ2n) is 5.73. The van der Waals surface area contributed by atoms with E-state index >= 15 is 0 Å². The van der Waals surface area contributed by atoms with Crippen LogP contribution in [0.2, 0.25) is 0 Å². The Bertz CT molecular complexity index is 821. The highest BCUT2D eigenvalue weighted by Gasteiger charge is 2.34. The number of carbonyl (C=O) groups is 3. The van der Waals surface area contributed by atoms with Crippen LogP contribution in [0.5, 0.6) is 0 Å². The molecule has 0 aromatic heterocycles. The van der Waals surface area contributed by atoms with E-state index in [2.05, 4.69) is 5.32 Å². The lowest BCUT2D eigenvalue weighted by atomic mass is 10.1. The molecule has 0 saturated heterocycles. The molecule has 134 valence electrons. The minimum atomic E-state index is -0.405. The summed E-state index contributed by atoms with van der Waals surface area (Å²) in [7, 11) is 0. The summed E-state index contributed by atoms with van der Waals surface area (Å²) >= 11 is 1.48. The Balaban J connectivity index is 1.39. The first-order valence-electron chi connectivity index (χ1n) is 8.14. The third-order valence-corrected chi connectivity index (χ3v) is 4.88. The molecule has 0 unspecified atom stereocenters. The number of benzene rings is 2. The lowest BCUT2D eigenvalue weighted by Gasteiger charge is -2.13. The number of nitrogens with one attached hydrogen (secondary N) is 1. The molecule has 0 radical (unpaired) electrons. The van der Waals surface area contributed by atoms with Gasteiger partial charge in [0.05, 0.1) is 11.1 Å². The van der Waals surface area contributed by atoms with Crippen LogP contribution < -0.4 is 5.32 Å². The normalized spacial score (nSPS) is 13.0. The number of rotatable bonds is 7. The Morgan fingerprint density at radius 3 is 2.35 bits per heavy atom. The van der Waals surface area contributed by atoms with E-state index in [0.717, 1.165) is 0 Å². The standard InChI is InChI=1S/C19H17FN2O3S/c20-13-4-3-5-14(12-13)21-17(23)8-10-26-11-9-22-18(24)15-6-1-2-7-16(15)19(22)25/h1-7,12H,8-11H2,(H,21,23). The van der Waals surface area contributed by atoms with Crippen LogP contribution in [0.4, 0.5) is 10.1 Å². The first-order chi connectivity index (χ1) is 12.6. The maximum Gasteiger partial charge on any atom is 0.261 e. The number of hydrogen-bond acceptors (Lipinski definition) is 4. The molecule has 0 bridgehead atoms. The van der Waals surface area contributed by atoms with E-state index in [1.165, 1.54) is 34.9 Å². The van der Waals surface area contributed by atoms with Crippen molar-refractivity contribution in [2.45, 2.75) is 6.42 Å². The molecule has 3 rings (SSSR count). The fourth-order valence-electron chi connectivity index (χ4n) is 2.65. The summed E-state index contributed by atoms with van der Waals surface area (Å²) in [5, 5.41) is 2.63. The van der Waals surface area contributed by atoms with Gasteiger partial charge in [0.15, 0.2) is 0 Å². The summed E-state index contributed by atoms with van der Waals surface area (Å²) in [6.45, 7) is 0.308. The first-order valence-corrected chi connectivity index (χ1v) is 9.30. The predicted molar refractivity (Wildman–Crippen MR) is 98.8 cm³/mol. The molecule has 1 N–H and O–H groups in total. The Kier molecular flexibility index (Phi) is 5.68. The van der Waals surface area contributed by atoms with Gasteiger partial charge in [0.2, 0.25) is 5.91 Å². The average molecular weight is 372 g/mol. The molecule has 0 fully saturated rings. The van der Waals surface area contributed by atoms with Gasteiger partial charge < -0.3 is 5.32 Å². The highest BCUT2D eigenvalue weighted by Crippen LogP contribution is 2.22. The smallest absolute Gasteiger partial charge is 0.261 e. The number of halogens is 1. The van der Waals surface area contributed by atoms with Crippen LogP contribution in [0, 0.1) is 5.82 Å². The number of hydrogen-bond donors (Lipinski definition) is 1. The summed E-state index contributed by atoms with van der Waals surface area (Å²) in [6.07, 6.45) is 0.267. The second-order valence-corrected chi connectivity index (χ2v) is 6.95. The van der Waals surface area contributed by atoms with E-state index in [1.54, 1.807) is 30.3 Å². The molecular weight excluding hydrogens is 355 g/mol. The zero-order valence-electron chi connectivity index (χ0n) is 13.9. The zero-order chi connectivity index (χ0) is 18.5. The number of imide groups is 1. The van der Waals surface area contributed by atoms with Gasteiger partial charge in [0, 0.05) is 30.2 Å². The van der Waals surface area contributed by atoms with Gasteiger partial charge in [-0.05, 0) is 30.3 Å².